The molecular weight excluding hydrogens is 263 g/mol. The van der Waals surface area contributed by atoms with Gasteiger partial charge in [-0.1, -0.05) is 17.5 Å². The number of rotatable bonds is 1. The lowest BCUT2D eigenvalue weighted by Gasteiger charge is -2.12. The highest BCUT2D eigenvalue weighted by molar-refractivity contribution is 9.10. The van der Waals surface area contributed by atoms with E-state index in [9.17, 15) is 5.11 Å². The normalized spacial score (nSPS) is 17.5. The van der Waals surface area contributed by atoms with Gasteiger partial charge in [-0.15, -0.1) is 6.42 Å². The van der Waals surface area contributed by atoms with Crippen LogP contribution in [0.3, 0.4) is 0 Å². The molecule has 1 saturated carbocycles. The summed E-state index contributed by atoms with van der Waals surface area (Å²) >= 11 is 9.15. The number of hydrogen-bond donors (Lipinski definition) is 1. The van der Waals surface area contributed by atoms with E-state index in [4.69, 9.17) is 18.0 Å². The third kappa shape index (κ3) is 1.41. The fourth-order valence-electron chi connectivity index (χ4n) is 1.55. The van der Waals surface area contributed by atoms with E-state index < -0.39 is 0 Å². The molecular formula is C11H8BrClO. The molecule has 0 saturated heterocycles. The maximum atomic E-state index is 9.83. The van der Waals surface area contributed by atoms with Gasteiger partial charge < -0.3 is 5.11 Å². The summed E-state index contributed by atoms with van der Waals surface area (Å²) in [5.74, 6) is 2.94. The number of terminal acetylenes is 1. The van der Waals surface area contributed by atoms with E-state index in [1.807, 2.05) is 0 Å². The van der Waals surface area contributed by atoms with E-state index in [-0.39, 0.29) is 11.2 Å². The highest BCUT2D eigenvalue weighted by Gasteiger charge is 2.45. The minimum absolute atomic E-state index is 0.213. The number of halogens is 2. The number of phenolic OH excluding ortho intramolecular Hbond substituents is 1. The van der Waals surface area contributed by atoms with Crippen molar-refractivity contribution in [2.24, 2.45) is 0 Å². The second-order valence-corrected chi connectivity index (χ2v) is 4.80. The van der Waals surface area contributed by atoms with Crippen LogP contribution in [0.4, 0.5) is 0 Å². The summed E-state index contributed by atoms with van der Waals surface area (Å²) < 4.78 is 0.599. The van der Waals surface area contributed by atoms with E-state index >= 15 is 0 Å². The van der Waals surface area contributed by atoms with Crippen LogP contribution in [-0.4, -0.2) is 5.11 Å². The van der Waals surface area contributed by atoms with Crippen molar-refractivity contribution < 1.29 is 5.11 Å². The number of hydrogen-bond acceptors (Lipinski definition) is 1. The summed E-state index contributed by atoms with van der Waals surface area (Å²) in [6, 6.07) is 3.40. The van der Waals surface area contributed by atoms with Gasteiger partial charge in [0, 0.05) is 10.6 Å². The average molecular weight is 272 g/mol. The molecule has 0 aromatic heterocycles. The van der Waals surface area contributed by atoms with Crippen molar-refractivity contribution in [1.82, 2.24) is 0 Å². The quantitative estimate of drug-likeness (QED) is 0.776. The molecule has 14 heavy (non-hydrogen) atoms. The predicted octanol–water partition coefficient (Wildman–Crippen LogP) is 3.47. The summed E-state index contributed by atoms with van der Waals surface area (Å²) in [4.78, 5) is 0. The average Bonchev–Trinajstić information content (AvgIpc) is 2.92. The second kappa shape index (κ2) is 3.18. The van der Waals surface area contributed by atoms with Gasteiger partial charge in [0.15, 0.2) is 0 Å². The molecule has 0 atom stereocenters. The lowest BCUT2D eigenvalue weighted by molar-refractivity contribution is 0.461. The van der Waals surface area contributed by atoms with Gasteiger partial charge in [-0.2, -0.15) is 0 Å². The van der Waals surface area contributed by atoms with E-state index in [0.717, 1.165) is 18.4 Å². The van der Waals surface area contributed by atoms with Gasteiger partial charge in [-0.25, -0.2) is 0 Å². The van der Waals surface area contributed by atoms with Crippen LogP contribution in [0.5, 0.6) is 5.75 Å². The van der Waals surface area contributed by atoms with Crippen LogP contribution in [0, 0.1) is 12.3 Å². The van der Waals surface area contributed by atoms with Crippen LogP contribution in [0.25, 0.3) is 0 Å². The second-order valence-electron chi connectivity index (χ2n) is 3.51. The first-order valence-electron chi connectivity index (χ1n) is 4.25. The van der Waals surface area contributed by atoms with Crippen molar-refractivity contribution in [1.29, 1.82) is 0 Å². The van der Waals surface area contributed by atoms with Crippen molar-refractivity contribution in [2.45, 2.75) is 18.3 Å². The summed E-state index contributed by atoms with van der Waals surface area (Å²) in [6.07, 6.45) is 7.29. The molecule has 2 rings (SSSR count). The molecule has 0 heterocycles. The Labute approximate surface area is 96.2 Å². The third-order valence-electron chi connectivity index (χ3n) is 2.57. The van der Waals surface area contributed by atoms with Crippen molar-refractivity contribution in [3.05, 3.63) is 27.2 Å². The Morgan fingerprint density at radius 2 is 2.14 bits per heavy atom. The Morgan fingerprint density at radius 3 is 2.64 bits per heavy atom. The van der Waals surface area contributed by atoms with Crippen LogP contribution < -0.4 is 0 Å². The molecule has 0 spiro atoms. The number of phenols is 1. The Kier molecular flexibility index (Phi) is 2.25. The molecule has 1 aliphatic carbocycles. The van der Waals surface area contributed by atoms with Gasteiger partial charge in [0.05, 0.1) is 9.89 Å². The molecule has 1 aromatic carbocycles. The monoisotopic (exact) mass is 270 g/mol. The van der Waals surface area contributed by atoms with E-state index in [1.165, 1.54) is 0 Å². The highest BCUT2D eigenvalue weighted by Crippen LogP contribution is 2.52. The zero-order valence-corrected chi connectivity index (χ0v) is 9.69. The smallest absolute Gasteiger partial charge is 0.134 e. The molecule has 1 N–H and O–H groups in total. The van der Waals surface area contributed by atoms with Crippen molar-refractivity contribution >= 4 is 27.5 Å². The van der Waals surface area contributed by atoms with Crippen LogP contribution in [0.2, 0.25) is 5.02 Å². The minimum Gasteiger partial charge on any atom is -0.506 e. The zero-order chi connectivity index (χ0) is 10.3. The zero-order valence-electron chi connectivity index (χ0n) is 7.35. The minimum atomic E-state index is -0.280. The molecule has 0 bridgehead atoms. The van der Waals surface area contributed by atoms with Crippen molar-refractivity contribution in [3.63, 3.8) is 0 Å². The summed E-state index contributed by atoms with van der Waals surface area (Å²) in [7, 11) is 0. The van der Waals surface area contributed by atoms with Gasteiger partial charge in [0.1, 0.15) is 5.75 Å². The van der Waals surface area contributed by atoms with Crippen molar-refractivity contribution in [3.8, 4) is 18.1 Å². The van der Waals surface area contributed by atoms with Gasteiger partial charge in [0.2, 0.25) is 0 Å². The Hall–Kier alpha value is -0.650. The summed E-state index contributed by atoms with van der Waals surface area (Å²) in [5.41, 5.74) is 0.483. The Balaban J connectivity index is 2.59. The molecule has 72 valence electrons. The first kappa shape index (κ1) is 9.89. The topological polar surface area (TPSA) is 20.2 Å². The number of aromatic hydroxyl groups is 1. The molecule has 1 fully saturated rings. The summed E-state index contributed by atoms with van der Waals surface area (Å²) in [6.45, 7) is 0. The maximum absolute atomic E-state index is 9.83. The SMILES string of the molecule is C#CC1(c2cc(Cl)cc(Br)c2O)CC1. The molecule has 0 unspecified atom stereocenters. The first-order chi connectivity index (χ1) is 6.59. The molecule has 0 radical (unpaired) electrons. The fourth-order valence-corrected chi connectivity index (χ4v) is 2.36. The van der Waals surface area contributed by atoms with Gasteiger partial charge in [0.25, 0.3) is 0 Å². The number of benzene rings is 1. The Morgan fingerprint density at radius 1 is 1.50 bits per heavy atom. The lowest BCUT2D eigenvalue weighted by Crippen LogP contribution is -2.03. The van der Waals surface area contributed by atoms with Crippen LogP contribution in [0.1, 0.15) is 18.4 Å². The fraction of sp³-hybridized carbons (Fsp3) is 0.273. The molecule has 1 aromatic rings. The third-order valence-corrected chi connectivity index (χ3v) is 3.39. The summed E-state index contributed by atoms with van der Waals surface area (Å²) in [5, 5.41) is 10.4. The van der Waals surface area contributed by atoms with Crippen LogP contribution in [0.15, 0.2) is 16.6 Å². The highest BCUT2D eigenvalue weighted by atomic mass is 79.9. The van der Waals surface area contributed by atoms with Crippen LogP contribution >= 0.6 is 27.5 Å². The maximum Gasteiger partial charge on any atom is 0.134 e. The molecule has 0 amide bonds. The van der Waals surface area contributed by atoms with Crippen molar-refractivity contribution in [2.75, 3.05) is 0 Å². The van der Waals surface area contributed by atoms with Gasteiger partial charge >= 0.3 is 0 Å². The molecule has 1 nitrogen and oxygen atoms in total. The van der Waals surface area contributed by atoms with E-state index in [1.54, 1.807) is 12.1 Å². The standard InChI is InChI=1S/C11H8BrClO/c1-2-11(3-4-11)8-5-7(13)6-9(12)10(8)14/h1,5-6,14H,3-4H2. The van der Waals surface area contributed by atoms with Gasteiger partial charge in [-0.05, 0) is 40.9 Å². The van der Waals surface area contributed by atoms with Gasteiger partial charge in [-0.3, -0.25) is 0 Å². The van der Waals surface area contributed by atoms with E-state index in [0.29, 0.717) is 9.50 Å². The first-order valence-corrected chi connectivity index (χ1v) is 5.42. The lowest BCUT2D eigenvalue weighted by atomic mass is 9.96. The van der Waals surface area contributed by atoms with E-state index in [2.05, 4.69) is 21.9 Å². The predicted molar refractivity (Wildman–Crippen MR) is 60.6 cm³/mol. The molecule has 0 aliphatic heterocycles. The van der Waals surface area contributed by atoms with Crippen LogP contribution in [-0.2, 0) is 5.41 Å². The molecule has 1 aliphatic rings. The Bertz CT molecular complexity index is 430. The largest absolute Gasteiger partial charge is 0.506 e. The molecule has 3 heteroatoms.